The SMILES string of the molecule is CCN1CCN(c2ccc(NC(=O)COc3ccc(C)cc3)c(C)c2)CC1. The predicted octanol–water partition coefficient (Wildman–Crippen LogP) is 3.46. The van der Waals surface area contributed by atoms with Crippen LogP contribution in [0.2, 0.25) is 0 Å². The van der Waals surface area contributed by atoms with E-state index in [1.54, 1.807) is 0 Å². The van der Waals surface area contributed by atoms with Crippen LogP contribution in [0.3, 0.4) is 0 Å². The number of amides is 1. The Balaban J connectivity index is 1.54. The third kappa shape index (κ3) is 5.23. The molecule has 5 nitrogen and oxygen atoms in total. The van der Waals surface area contributed by atoms with Crippen LogP contribution in [-0.2, 0) is 4.79 Å². The van der Waals surface area contributed by atoms with Crippen molar-refractivity contribution >= 4 is 17.3 Å². The molecule has 5 heteroatoms. The van der Waals surface area contributed by atoms with Gasteiger partial charge in [0.25, 0.3) is 5.91 Å². The van der Waals surface area contributed by atoms with Gasteiger partial charge < -0.3 is 19.9 Å². The van der Waals surface area contributed by atoms with Gasteiger partial charge in [-0.15, -0.1) is 0 Å². The van der Waals surface area contributed by atoms with Crippen molar-refractivity contribution in [3.05, 3.63) is 53.6 Å². The Morgan fingerprint density at radius 1 is 1.04 bits per heavy atom. The summed E-state index contributed by atoms with van der Waals surface area (Å²) in [6.07, 6.45) is 0. The molecule has 1 aliphatic heterocycles. The number of carbonyl (C=O) groups excluding carboxylic acids is 1. The second-order valence-corrected chi connectivity index (χ2v) is 7.07. The molecule has 144 valence electrons. The topological polar surface area (TPSA) is 44.8 Å². The lowest BCUT2D eigenvalue weighted by Crippen LogP contribution is -2.46. The summed E-state index contributed by atoms with van der Waals surface area (Å²) in [5.74, 6) is 0.553. The highest BCUT2D eigenvalue weighted by Crippen LogP contribution is 2.24. The first-order valence-electron chi connectivity index (χ1n) is 9.62. The molecule has 2 aromatic rings. The molecule has 1 fully saturated rings. The number of likely N-dealkylation sites (N-methyl/N-ethyl adjacent to an activating group) is 1. The molecule has 0 radical (unpaired) electrons. The summed E-state index contributed by atoms with van der Waals surface area (Å²) in [6, 6.07) is 13.9. The molecule has 0 aliphatic carbocycles. The van der Waals surface area contributed by atoms with Crippen LogP contribution in [0.25, 0.3) is 0 Å². The van der Waals surface area contributed by atoms with Gasteiger partial charge in [0.2, 0.25) is 0 Å². The molecule has 0 unspecified atom stereocenters. The largest absolute Gasteiger partial charge is 0.484 e. The minimum absolute atomic E-state index is 0.00320. The molecule has 1 saturated heterocycles. The van der Waals surface area contributed by atoms with Crippen LogP contribution in [0.1, 0.15) is 18.1 Å². The number of nitrogens with zero attached hydrogens (tertiary/aromatic N) is 2. The molecular weight excluding hydrogens is 338 g/mol. The van der Waals surface area contributed by atoms with Gasteiger partial charge in [-0.1, -0.05) is 24.6 Å². The molecule has 1 N–H and O–H groups in total. The predicted molar refractivity (Wildman–Crippen MR) is 111 cm³/mol. The van der Waals surface area contributed by atoms with Crippen molar-refractivity contribution in [2.45, 2.75) is 20.8 Å². The van der Waals surface area contributed by atoms with Gasteiger partial charge in [0.1, 0.15) is 5.75 Å². The van der Waals surface area contributed by atoms with E-state index in [0.29, 0.717) is 5.75 Å². The number of hydrogen-bond acceptors (Lipinski definition) is 4. The summed E-state index contributed by atoms with van der Waals surface area (Å²) in [5.41, 5.74) is 4.29. The summed E-state index contributed by atoms with van der Waals surface area (Å²) in [7, 11) is 0. The third-order valence-corrected chi connectivity index (χ3v) is 5.06. The number of nitrogens with one attached hydrogen (secondary N) is 1. The standard InChI is InChI=1S/C22H29N3O2/c1-4-24-11-13-25(14-12-24)19-7-10-21(18(3)15-19)23-22(26)16-27-20-8-5-17(2)6-9-20/h5-10,15H,4,11-14,16H2,1-3H3,(H,23,26). The monoisotopic (exact) mass is 367 g/mol. The maximum absolute atomic E-state index is 12.2. The molecule has 0 aromatic heterocycles. The number of ether oxygens (including phenoxy) is 1. The highest BCUT2D eigenvalue weighted by Gasteiger charge is 2.16. The van der Waals surface area contributed by atoms with Crippen LogP contribution in [-0.4, -0.2) is 50.1 Å². The number of carbonyl (C=O) groups is 1. The molecule has 0 bridgehead atoms. The summed E-state index contributed by atoms with van der Waals surface area (Å²) < 4.78 is 5.55. The maximum Gasteiger partial charge on any atom is 0.262 e. The summed E-state index contributed by atoms with van der Waals surface area (Å²) in [4.78, 5) is 17.1. The van der Waals surface area contributed by atoms with E-state index in [1.165, 1.54) is 11.3 Å². The van der Waals surface area contributed by atoms with E-state index >= 15 is 0 Å². The molecule has 1 heterocycles. The molecule has 3 rings (SSSR count). The average Bonchev–Trinajstić information content (AvgIpc) is 2.69. The van der Waals surface area contributed by atoms with Crippen LogP contribution in [0.5, 0.6) is 5.75 Å². The second kappa shape index (κ2) is 8.91. The van der Waals surface area contributed by atoms with Crippen LogP contribution in [0.4, 0.5) is 11.4 Å². The Morgan fingerprint density at radius 2 is 1.74 bits per heavy atom. The Bertz CT molecular complexity index is 766. The molecule has 1 aliphatic rings. The third-order valence-electron chi connectivity index (χ3n) is 5.06. The highest BCUT2D eigenvalue weighted by atomic mass is 16.5. The van der Waals surface area contributed by atoms with Crippen molar-refractivity contribution in [2.24, 2.45) is 0 Å². The van der Waals surface area contributed by atoms with E-state index in [0.717, 1.165) is 44.0 Å². The fraction of sp³-hybridized carbons (Fsp3) is 0.409. The van der Waals surface area contributed by atoms with Crippen molar-refractivity contribution in [1.29, 1.82) is 0 Å². The fourth-order valence-corrected chi connectivity index (χ4v) is 3.28. The van der Waals surface area contributed by atoms with Gasteiger partial charge >= 0.3 is 0 Å². The van der Waals surface area contributed by atoms with Gasteiger partial charge in [-0.05, 0) is 56.3 Å². The normalized spacial score (nSPS) is 14.9. The van der Waals surface area contributed by atoms with E-state index in [9.17, 15) is 4.79 Å². The van der Waals surface area contributed by atoms with Gasteiger partial charge in [-0.2, -0.15) is 0 Å². The van der Waals surface area contributed by atoms with E-state index in [4.69, 9.17) is 4.74 Å². The number of hydrogen-bond donors (Lipinski definition) is 1. The fourth-order valence-electron chi connectivity index (χ4n) is 3.28. The van der Waals surface area contributed by atoms with Gasteiger partial charge in [0.15, 0.2) is 6.61 Å². The van der Waals surface area contributed by atoms with Crippen molar-refractivity contribution in [1.82, 2.24) is 4.90 Å². The summed E-state index contributed by atoms with van der Waals surface area (Å²) in [6.45, 7) is 11.7. The lowest BCUT2D eigenvalue weighted by Gasteiger charge is -2.35. The first-order chi connectivity index (χ1) is 13.0. The molecule has 0 saturated carbocycles. The molecule has 0 spiro atoms. The van der Waals surface area contributed by atoms with Crippen molar-refractivity contribution < 1.29 is 9.53 Å². The van der Waals surface area contributed by atoms with Crippen LogP contribution in [0.15, 0.2) is 42.5 Å². The Labute approximate surface area is 161 Å². The van der Waals surface area contributed by atoms with E-state index in [1.807, 2.05) is 44.2 Å². The van der Waals surface area contributed by atoms with Crippen LogP contribution < -0.4 is 15.0 Å². The van der Waals surface area contributed by atoms with Crippen LogP contribution >= 0.6 is 0 Å². The van der Waals surface area contributed by atoms with Crippen molar-refractivity contribution in [3.63, 3.8) is 0 Å². The van der Waals surface area contributed by atoms with E-state index in [-0.39, 0.29) is 12.5 Å². The van der Waals surface area contributed by atoms with Crippen molar-refractivity contribution in [2.75, 3.05) is 49.5 Å². The van der Waals surface area contributed by atoms with Gasteiger partial charge in [-0.3, -0.25) is 4.79 Å². The van der Waals surface area contributed by atoms with Gasteiger partial charge in [0, 0.05) is 37.6 Å². The van der Waals surface area contributed by atoms with E-state index < -0.39 is 0 Å². The zero-order chi connectivity index (χ0) is 19.2. The quantitative estimate of drug-likeness (QED) is 0.849. The molecule has 0 atom stereocenters. The molecule has 1 amide bonds. The number of benzene rings is 2. The maximum atomic E-state index is 12.2. The number of anilines is 2. The number of piperazine rings is 1. The van der Waals surface area contributed by atoms with Gasteiger partial charge in [0.05, 0.1) is 0 Å². The lowest BCUT2D eigenvalue weighted by atomic mass is 10.1. The van der Waals surface area contributed by atoms with E-state index in [2.05, 4.69) is 34.2 Å². The summed E-state index contributed by atoms with van der Waals surface area (Å²) in [5, 5.41) is 2.95. The zero-order valence-electron chi connectivity index (χ0n) is 16.5. The Hall–Kier alpha value is -2.53. The molecule has 2 aromatic carbocycles. The highest BCUT2D eigenvalue weighted by molar-refractivity contribution is 5.92. The number of rotatable bonds is 6. The Morgan fingerprint density at radius 3 is 2.37 bits per heavy atom. The first kappa shape index (κ1) is 19.2. The summed E-state index contributed by atoms with van der Waals surface area (Å²) >= 11 is 0. The smallest absolute Gasteiger partial charge is 0.262 e. The minimum Gasteiger partial charge on any atom is -0.484 e. The van der Waals surface area contributed by atoms with Crippen molar-refractivity contribution in [3.8, 4) is 5.75 Å². The average molecular weight is 367 g/mol. The minimum atomic E-state index is -0.150. The zero-order valence-corrected chi connectivity index (χ0v) is 16.5. The Kier molecular flexibility index (Phi) is 6.35. The second-order valence-electron chi connectivity index (χ2n) is 7.07. The first-order valence-corrected chi connectivity index (χ1v) is 9.62. The molecular formula is C22H29N3O2. The van der Waals surface area contributed by atoms with Gasteiger partial charge in [-0.25, -0.2) is 0 Å². The number of aryl methyl sites for hydroxylation is 2. The lowest BCUT2D eigenvalue weighted by molar-refractivity contribution is -0.118. The molecule has 27 heavy (non-hydrogen) atoms. The van der Waals surface area contributed by atoms with Crippen LogP contribution in [0, 0.1) is 13.8 Å².